The largest absolute Gasteiger partial charge is 0.481 e. The normalized spacial score (nSPS) is 15.2. The minimum Gasteiger partial charge on any atom is -0.481 e. The first-order chi connectivity index (χ1) is 19.0. The minimum atomic E-state index is -8.01. The number of carboxylic acids is 1. The van der Waals surface area contributed by atoms with Gasteiger partial charge < -0.3 is 10.2 Å². The highest BCUT2D eigenvalue weighted by molar-refractivity contribution is 5.68. The van der Waals surface area contributed by atoms with E-state index in [4.69, 9.17) is 10.2 Å². The number of hydrogen-bond acceptors (Lipinski definition) is 2. The molecule has 0 aliphatic rings. The number of hydrogen-bond donors (Lipinski definition) is 2. The first-order valence-electron chi connectivity index (χ1n) is 9.72. The van der Waals surface area contributed by atoms with Crippen LogP contribution in [0.2, 0.25) is 0 Å². The van der Waals surface area contributed by atoms with Crippen molar-refractivity contribution in [3.8, 4) is 0 Å². The van der Waals surface area contributed by atoms with Crippen LogP contribution in [-0.4, -0.2) is 94.4 Å². The summed E-state index contributed by atoms with van der Waals surface area (Å²) in [4.78, 5) is 9.82. The average molecular weight is 774 g/mol. The van der Waals surface area contributed by atoms with E-state index in [0.717, 1.165) is 0 Å². The lowest BCUT2D eigenvalue weighted by atomic mass is 9.92. The summed E-state index contributed by atoms with van der Waals surface area (Å²) < 4.78 is 323. The number of aliphatic carboxylic acids is 1. The van der Waals surface area contributed by atoms with Gasteiger partial charge in [0, 0.05) is 13.0 Å². The average Bonchev–Trinajstić information content (AvgIpc) is 2.76. The third-order valence-corrected chi connectivity index (χ3v) is 4.80. The molecule has 0 saturated carbocycles. The van der Waals surface area contributed by atoms with Crippen molar-refractivity contribution in [2.75, 3.05) is 6.61 Å². The van der Waals surface area contributed by atoms with Crippen molar-refractivity contribution in [1.29, 1.82) is 0 Å². The van der Waals surface area contributed by atoms with Crippen molar-refractivity contribution >= 4 is 5.97 Å². The SMILES string of the molecule is C.C.O=C(O)CC(F)(F)C(F)(F)C(F)(F)C(F)(F)C(F)(F)C(F)(F)F.OCCC(F)(F)C(F)(F)C(F)(F)C(F)(F)C(F)(F)C(F)(F)F. The Balaban J connectivity index is -0.000000378. The van der Waals surface area contributed by atoms with Crippen LogP contribution in [-0.2, 0) is 4.79 Å². The molecule has 0 spiro atoms. The first kappa shape index (κ1) is 51.4. The van der Waals surface area contributed by atoms with Crippen molar-refractivity contribution in [3.05, 3.63) is 0 Å². The van der Waals surface area contributed by atoms with Crippen molar-refractivity contribution in [2.24, 2.45) is 0 Å². The fraction of sp³-hybridized carbons (Fsp3) is 0.944. The maximum Gasteiger partial charge on any atom is 0.460 e. The number of aliphatic hydroxyl groups excluding tert-OH is 1. The zero-order chi connectivity index (χ0) is 37.7. The number of carboxylic acid groups (broad SMARTS) is 1. The van der Waals surface area contributed by atoms with E-state index < -0.39 is 97.0 Å². The Hall–Kier alpha value is -2.39. The van der Waals surface area contributed by atoms with Crippen LogP contribution in [0.1, 0.15) is 27.7 Å². The van der Waals surface area contributed by atoms with Gasteiger partial charge in [0.1, 0.15) is 6.42 Å². The van der Waals surface area contributed by atoms with Gasteiger partial charge in [-0.05, 0) is 0 Å². The minimum absolute atomic E-state index is 0. The Morgan fingerprint density at radius 1 is 0.383 bits per heavy atom. The van der Waals surface area contributed by atoms with Crippen molar-refractivity contribution in [2.45, 2.75) is 99.3 Å². The molecule has 0 aromatic rings. The van der Waals surface area contributed by atoms with Crippen LogP contribution < -0.4 is 0 Å². The van der Waals surface area contributed by atoms with Gasteiger partial charge in [-0.15, -0.1) is 0 Å². The second kappa shape index (κ2) is 13.9. The summed E-state index contributed by atoms with van der Waals surface area (Å²) in [5.74, 6) is -77.7. The topological polar surface area (TPSA) is 57.5 Å². The maximum atomic E-state index is 12.8. The fourth-order valence-electron chi connectivity index (χ4n) is 2.20. The van der Waals surface area contributed by atoms with Gasteiger partial charge in [-0.1, -0.05) is 14.9 Å². The quantitative estimate of drug-likeness (QED) is 0.194. The van der Waals surface area contributed by atoms with Crippen LogP contribution in [0, 0.1) is 0 Å². The van der Waals surface area contributed by atoms with E-state index in [-0.39, 0.29) is 14.9 Å². The molecule has 0 rings (SSSR count). The fourth-order valence-corrected chi connectivity index (χ4v) is 2.20. The molecule has 0 aliphatic carbocycles. The van der Waals surface area contributed by atoms with E-state index in [1.165, 1.54) is 0 Å². The molecule has 0 unspecified atom stereocenters. The molecule has 0 atom stereocenters. The van der Waals surface area contributed by atoms with Crippen molar-refractivity contribution < 1.29 is 129 Å². The van der Waals surface area contributed by atoms with Crippen LogP contribution in [0.3, 0.4) is 0 Å². The molecule has 2 N–H and O–H groups in total. The molecule has 0 amide bonds. The van der Waals surface area contributed by atoms with E-state index in [1.54, 1.807) is 0 Å². The van der Waals surface area contributed by atoms with E-state index in [1.807, 2.05) is 0 Å². The molecule has 29 heteroatoms. The predicted molar refractivity (Wildman–Crippen MR) is 99.0 cm³/mol. The molecule has 0 heterocycles. The molecule has 0 saturated heterocycles. The lowest BCUT2D eigenvalue weighted by Crippen LogP contribution is -2.70. The summed E-state index contributed by atoms with van der Waals surface area (Å²) in [6.07, 6.45) is -20.7. The lowest BCUT2D eigenvalue weighted by molar-refractivity contribution is -0.440. The monoisotopic (exact) mass is 774 g/mol. The Morgan fingerprint density at radius 3 is 0.787 bits per heavy atom. The second-order valence-electron chi connectivity index (χ2n) is 8.04. The van der Waals surface area contributed by atoms with E-state index in [2.05, 4.69) is 0 Å². The Morgan fingerprint density at radius 2 is 0.596 bits per heavy atom. The van der Waals surface area contributed by atoms with Gasteiger partial charge in [-0.2, -0.15) is 114 Å². The maximum absolute atomic E-state index is 12.8. The standard InChI is InChI=1S/C8H3F13O2.C8H5F13O.2CH4/c9-3(10,1-2(22)23)4(11,12)5(13,14)6(15,16)7(17,18)8(19,20)21;9-3(10,1-2-22)4(11,12)5(13,14)6(15,16)7(17,18)8(19,20)21;;/h1H2,(H,22,23);22H,1-2H2;2*1H4. The number of aliphatic hydroxyl groups is 1. The van der Waals surface area contributed by atoms with Gasteiger partial charge in [-0.25, -0.2) is 0 Å². The van der Waals surface area contributed by atoms with Crippen LogP contribution in [0.5, 0.6) is 0 Å². The molecule has 0 fully saturated rings. The Labute approximate surface area is 242 Å². The Kier molecular flexibility index (Phi) is 15.2. The van der Waals surface area contributed by atoms with Gasteiger partial charge in [0.2, 0.25) is 0 Å². The Bertz CT molecular complexity index is 1020. The lowest BCUT2D eigenvalue weighted by Gasteiger charge is -2.39. The number of halogens is 26. The van der Waals surface area contributed by atoms with Gasteiger partial charge in [-0.3, -0.25) is 4.79 Å². The van der Waals surface area contributed by atoms with Crippen LogP contribution >= 0.6 is 0 Å². The molecule has 0 aliphatic heterocycles. The smallest absolute Gasteiger partial charge is 0.460 e. The summed E-state index contributed by atoms with van der Waals surface area (Å²) in [6.45, 7) is -1.96. The molecule has 47 heavy (non-hydrogen) atoms. The van der Waals surface area contributed by atoms with Crippen LogP contribution in [0.4, 0.5) is 114 Å². The van der Waals surface area contributed by atoms with Gasteiger partial charge in [0.25, 0.3) is 0 Å². The summed E-state index contributed by atoms with van der Waals surface area (Å²) in [6, 6.07) is 0. The molecule has 0 aromatic carbocycles. The highest BCUT2D eigenvalue weighted by atomic mass is 19.4. The first-order valence-corrected chi connectivity index (χ1v) is 9.72. The summed E-state index contributed by atoms with van der Waals surface area (Å²) in [5, 5.41) is 15.7. The highest BCUT2D eigenvalue weighted by Gasteiger charge is 2.92. The number of rotatable bonds is 12. The second-order valence-corrected chi connectivity index (χ2v) is 8.04. The number of alkyl halides is 26. The van der Waals surface area contributed by atoms with E-state index in [0.29, 0.717) is 0 Å². The predicted octanol–water partition coefficient (Wildman–Crippen LogP) is 9.58. The van der Waals surface area contributed by atoms with Gasteiger partial charge >= 0.3 is 77.5 Å². The third kappa shape index (κ3) is 8.09. The molecule has 0 bridgehead atoms. The molecule has 0 aromatic heterocycles. The van der Waals surface area contributed by atoms with E-state index >= 15 is 0 Å². The third-order valence-electron chi connectivity index (χ3n) is 4.80. The number of carbonyl (C=O) groups is 1. The van der Waals surface area contributed by atoms with Gasteiger partial charge in [0.05, 0.1) is 0 Å². The summed E-state index contributed by atoms with van der Waals surface area (Å²) in [5.41, 5.74) is 0. The highest BCUT2D eigenvalue weighted by Crippen LogP contribution is 2.62. The molecule has 0 radical (unpaired) electrons. The zero-order valence-electron chi connectivity index (χ0n) is 19.8. The molecule has 288 valence electrons. The summed E-state index contributed by atoms with van der Waals surface area (Å²) in [7, 11) is 0. The molecular weight excluding hydrogens is 758 g/mol. The summed E-state index contributed by atoms with van der Waals surface area (Å²) >= 11 is 0. The molecular formula is C18H16F26O3. The van der Waals surface area contributed by atoms with E-state index in [9.17, 15) is 119 Å². The zero-order valence-corrected chi connectivity index (χ0v) is 19.8. The molecule has 3 nitrogen and oxygen atoms in total. The van der Waals surface area contributed by atoms with Crippen LogP contribution in [0.25, 0.3) is 0 Å². The van der Waals surface area contributed by atoms with Crippen molar-refractivity contribution in [1.82, 2.24) is 0 Å². The van der Waals surface area contributed by atoms with Gasteiger partial charge in [0.15, 0.2) is 0 Å². The van der Waals surface area contributed by atoms with Crippen molar-refractivity contribution in [3.63, 3.8) is 0 Å². The van der Waals surface area contributed by atoms with Crippen LogP contribution in [0.15, 0.2) is 0 Å².